The first kappa shape index (κ1) is 11.8. The lowest BCUT2D eigenvalue weighted by Gasteiger charge is -2.11. The van der Waals surface area contributed by atoms with Crippen molar-refractivity contribution in [3.8, 4) is 5.75 Å². The topological polar surface area (TPSA) is 76.4 Å². The van der Waals surface area contributed by atoms with Gasteiger partial charge in [-0.25, -0.2) is 8.42 Å². The fourth-order valence-corrected chi connectivity index (χ4v) is 2.29. The highest BCUT2D eigenvalue weighted by Gasteiger charge is 2.22. The second-order valence-corrected chi connectivity index (χ2v) is 5.48. The molecule has 1 aromatic rings. The van der Waals surface area contributed by atoms with Crippen molar-refractivity contribution < 1.29 is 13.5 Å². The monoisotopic (exact) mass is 231 g/mol. The van der Waals surface area contributed by atoms with Crippen LogP contribution >= 0.6 is 0 Å². The van der Waals surface area contributed by atoms with Crippen LogP contribution in [0.15, 0.2) is 9.69 Å². The number of nitrogens with zero attached hydrogens (tertiary/aromatic N) is 1. The van der Waals surface area contributed by atoms with Gasteiger partial charge < -0.3 is 9.67 Å². The summed E-state index contributed by atoms with van der Waals surface area (Å²) in [5.74, 6) is -0.446. The zero-order chi connectivity index (χ0) is 12.0. The van der Waals surface area contributed by atoms with E-state index in [0.29, 0.717) is 11.3 Å². The van der Waals surface area contributed by atoms with Crippen molar-refractivity contribution in [3.05, 3.63) is 21.6 Å². The predicted octanol–water partition coefficient (Wildman–Crippen LogP) is 0.111. The minimum Gasteiger partial charge on any atom is -0.506 e. The van der Waals surface area contributed by atoms with Crippen LogP contribution in [0.3, 0.4) is 0 Å². The summed E-state index contributed by atoms with van der Waals surface area (Å²) in [7, 11) is -2.24. The summed E-state index contributed by atoms with van der Waals surface area (Å²) in [6.45, 7) is 3.21. The normalized spacial score (nSPS) is 11.7. The van der Waals surface area contributed by atoms with E-state index < -0.39 is 26.0 Å². The van der Waals surface area contributed by atoms with E-state index in [2.05, 4.69) is 0 Å². The molecule has 5 nitrogen and oxygen atoms in total. The number of rotatable bonds is 1. The molecule has 15 heavy (non-hydrogen) atoms. The number of sulfone groups is 1. The standard InChI is InChI=1S/C9H13NO4S/c1-5-6(2)10(3)9(12)8(7(5)11)15(4,13)14/h11H,1-4H3. The van der Waals surface area contributed by atoms with Gasteiger partial charge in [0.2, 0.25) is 0 Å². The Morgan fingerprint density at radius 3 is 2.13 bits per heavy atom. The van der Waals surface area contributed by atoms with E-state index in [1.165, 1.54) is 11.6 Å². The molecule has 0 spiro atoms. The molecule has 6 heteroatoms. The Labute approximate surface area is 87.9 Å². The van der Waals surface area contributed by atoms with E-state index in [1.807, 2.05) is 0 Å². The lowest BCUT2D eigenvalue weighted by molar-refractivity contribution is 0.446. The van der Waals surface area contributed by atoms with Crippen molar-refractivity contribution in [2.75, 3.05) is 6.26 Å². The van der Waals surface area contributed by atoms with Gasteiger partial charge >= 0.3 is 0 Å². The summed E-state index contributed by atoms with van der Waals surface area (Å²) in [4.78, 5) is 11.1. The third kappa shape index (κ3) is 1.77. The van der Waals surface area contributed by atoms with Gasteiger partial charge in [-0.3, -0.25) is 4.79 Å². The predicted molar refractivity (Wildman–Crippen MR) is 55.9 cm³/mol. The lowest BCUT2D eigenvalue weighted by Crippen LogP contribution is -2.26. The van der Waals surface area contributed by atoms with Gasteiger partial charge in [0.25, 0.3) is 5.56 Å². The highest BCUT2D eigenvalue weighted by Crippen LogP contribution is 2.24. The summed E-state index contributed by atoms with van der Waals surface area (Å²) >= 11 is 0. The number of aromatic nitrogens is 1. The van der Waals surface area contributed by atoms with Crippen molar-refractivity contribution in [1.82, 2.24) is 4.57 Å². The van der Waals surface area contributed by atoms with Gasteiger partial charge in [0, 0.05) is 24.6 Å². The van der Waals surface area contributed by atoms with E-state index in [0.717, 1.165) is 6.26 Å². The summed E-state index contributed by atoms with van der Waals surface area (Å²) in [6.07, 6.45) is 0.901. The molecule has 1 N–H and O–H groups in total. The number of hydrogen-bond donors (Lipinski definition) is 1. The van der Waals surface area contributed by atoms with Gasteiger partial charge in [-0.15, -0.1) is 0 Å². The van der Waals surface area contributed by atoms with Gasteiger partial charge in [-0.05, 0) is 13.8 Å². The third-order valence-corrected chi connectivity index (χ3v) is 3.60. The van der Waals surface area contributed by atoms with Crippen LogP contribution in [0.1, 0.15) is 11.3 Å². The Hall–Kier alpha value is -1.30. The molecule has 0 aromatic carbocycles. The highest BCUT2D eigenvalue weighted by molar-refractivity contribution is 7.90. The van der Waals surface area contributed by atoms with Crippen LogP contribution in [-0.2, 0) is 16.9 Å². The van der Waals surface area contributed by atoms with Gasteiger partial charge in [0.15, 0.2) is 14.7 Å². The summed E-state index contributed by atoms with van der Waals surface area (Å²) in [5, 5.41) is 9.63. The minimum absolute atomic E-state index is 0.400. The van der Waals surface area contributed by atoms with Crippen LogP contribution in [-0.4, -0.2) is 24.3 Å². The molecule has 1 heterocycles. The van der Waals surface area contributed by atoms with Gasteiger partial charge in [-0.2, -0.15) is 0 Å². The van der Waals surface area contributed by atoms with Crippen molar-refractivity contribution >= 4 is 9.84 Å². The van der Waals surface area contributed by atoms with E-state index in [-0.39, 0.29) is 0 Å². The van der Waals surface area contributed by atoms with E-state index in [1.54, 1.807) is 13.8 Å². The zero-order valence-corrected chi connectivity index (χ0v) is 9.84. The van der Waals surface area contributed by atoms with Gasteiger partial charge in [0.05, 0.1) is 0 Å². The Kier molecular flexibility index (Phi) is 2.65. The summed E-state index contributed by atoms with van der Waals surface area (Å²) in [5.41, 5.74) is 0.250. The van der Waals surface area contributed by atoms with Crippen molar-refractivity contribution in [2.45, 2.75) is 18.7 Å². The average Bonchev–Trinajstić information content (AvgIpc) is 2.09. The first-order valence-corrected chi connectivity index (χ1v) is 6.16. The fraction of sp³-hybridized carbons (Fsp3) is 0.444. The second kappa shape index (κ2) is 3.37. The van der Waals surface area contributed by atoms with Crippen LogP contribution in [0.4, 0.5) is 0 Å². The molecular weight excluding hydrogens is 218 g/mol. The average molecular weight is 231 g/mol. The first-order chi connectivity index (χ1) is 6.68. The molecule has 0 aliphatic carbocycles. The van der Waals surface area contributed by atoms with Crippen LogP contribution in [0, 0.1) is 13.8 Å². The fourth-order valence-electron chi connectivity index (χ4n) is 1.33. The van der Waals surface area contributed by atoms with Crippen LogP contribution in [0.5, 0.6) is 5.75 Å². The number of pyridine rings is 1. The third-order valence-electron chi connectivity index (χ3n) is 2.49. The molecule has 0 saturated heterocycles. The minimum atomic E-state index is -3.71. The smallest absolute Gasteiger partial charge is 0.273 e. The van der Waals surface area contributed by atoms with E-state index in [9.17, 15) is 18.3 Å². The first-order valence-electron chi connectivity index (χ1n) is 4.27. The maximum Gasteiger partial charge on any atom is 0.273 e. The molecule has 0 atom stereocenters. The van der Waals surface area contributed by atoms with Gasteiger partial charge in [-0.1, -0.05) is 0 Å². The highest BCUT2D eigenvalue weighted by atomic mass is 32.2. The molecule has 0 unspecified atom stereocenters. The second-order valence-electron chi connectivity index (χ2n) is 3.52. The Balaban J connectivity index is 3.94. The summed E-state index contributed by atoms with van der Waals surface area (Å²) < 4.78 is 23.8. The van der Waals surface area contributed by atoms with Crippen LogP contribution < -0.4 is 5.56 Å². The maximum absolute atomic E-state index is 11.6. The molecule has 0 aliphatic heterocycles. The molecule has 84 valence electrons. The largest absolute Gasteiger partial charge is 0.506 e. The van der Waals surface area contributed by atoms with Crippen LogP contribution in [0.2, 0.25) is 0 Å². The molecule has 1 aromatic heterocycles. The molecule has 0 aliphatic rings. The van der Waals surface area contributed by atoms with E-state index in [4.69, 9.17) is 0 Å². The number of aromatic hydroxyl groups is 1. The SMILES string of the molecule is Cc1c(O)c(S(C)(=O)=O)c(=O)n(C)c1C. The zero-order valence-electron chi connectivity index (χ0n) is 9.03. The van der Waals surface area contributed by atoms with Crippen molar-refractivity contribution in [1.29, 1.82) is 0 Å². The van der Waals surface area contributed by atoms with E-state index >= 15 is 0 Å². The molecule has 0 saturated carbocycles. The summed E-state index contributed by atoms with van der Waals surface area (Å²) in [6, 6.07) is 0. The molecule has 0 bridgehead atoms. The number of hydrogen-bond acceptors (Lipinski definition) is 4. The van der Waals surface area contributed by atoms with Gasteiger partial charge in [0.1, 0.15) is 5.75 Å². The Bertz CT molecular complexity index is 569. The van der Waals surface area contributed by atoms with Crippen molar-refractivity contribution in [3.63, 3.8) is 0 Å². The molecule has 0 radical (unpaired) electrons. The molecule has 0 amide bonds. The maximum atomic E-state index is 11.6. The van der Waals surface area contributed by atoms with Crippen LogP contribution in [0.25, 0.3) is 0 Å². The molecule has 0 fully saturated rings. The van der Waals surface area contributed by atoms with Crippen molar-refractivity contribution in [2.24, 2.45) is 7.05 Å². The molecule has 1 rings (SSSR count). The Morgan fingerprint density at radius 1 is 1.27 bits per heavy atom. The lowest BCUT2D eigenvalue weighted by atomic mass is 10.2. The Morgan fingerprint density at radius 2 is 1.73 bits per heavy atom. The molecular formula is C9H13NO4S. The quantitative estimate of drug-likeness (QED) is 0.744.